The smallest absolute Gasteiger partial charge is 0.268 e. The number of sulfonamides is 1. The number of nitrogens with one attached hydrogen (secondary N) is 2. The van der Waals surface area contributed by atoms with Crippen molar-refractivity contribution in [1.82, 2.24) is 19.7 Å². The van der Waals surface area contributed by atoms with Gasteiger partial charge in [-0.15, -0.1) is 0 Å². The van der Waals surface area contributed by atoms with Crippen molar-refractivity contribution in [3.05, 3.63) is 125 Å². The van der Waals surface area contributed by atoms with Gasteiger partial charge in [0.2, 0.25) is 5.88 Å². The number of ether oxygens (including phenoxy) is 4. The predicted octanol–water partition coefficient (Wildman–Crippen LogP) is 8.97. The second-order valence-corrected chi connectivity index (χ2v) is 17.6. The van der Waals surface area contributed by atoms with Gasteiger partial charge in [0.25, 0.3) is 15.9 Å². The molecule has 3 aromatic heterocycles. The summed E-state index contributed by atoms with van der Waals surface area (Å²) in [5.74, 6) is -0.618. The van der Waals surface area contributed by atoms with Gasteiger partial charge in [-0.05, 0) is 72.0 Å². The minimum Gasteiger partial charge on any atom is -0.473 e. The molecule has 8 rings (SSSR count). The Hall–Kier alpha value is -5.25. The van der Waals surface area contributed by atoms with E-state index < -0.39 is 27.2 Å². The molecular formula is C44H42Cl2FN5O7S. The fourth-order valence-electron chi connectivity index (χ4n) is 7.62. The van der Waals surface area contributed by atoms with E-state index in [1.807, 2.05) is 42.5 Å². The van der Waals surface area contributed by atoms with Crippen LogP contribution >= 0.6 is 23.2 Å². The van der Waals surface area contributed by atoms with Crippen LogP contribution in [0.15, 0.2) is 108 Å². The first-order valence-electron chi connectivity index (χ1n) is 19.4. The summed E-state index contributed by atoms with van der Waals surface area (Å²) < 4.78 is 67.6. The molecule has 60 heavy (non-hydrogen) atoms. The first-order chi connectivity index (χ1) is 28.9. The summed E-state index contributed by atoms with van der Waals surface area (Å²) in [5.41, 5.74) is 2.73. The number of aromatic nitrogens is 3. The zero-order valence-electron chi connectivity index (χ0n) is 32.6. The second-order valence-electron chi connectivity index (χ2n) is 15.0. The maximum absolute atomic E-state index is 15.1. The Bertz CT molecular complexity index is 2610. The minimum absolute atomic E-state index is 0.0396. The normalized spacial score (nSPS) is 16.4. The van der Waals surface area contributed by atoms with Crippen LogP contribution in [0.2, 0.25) is 10.0 Å². The molecule has 16 heteroatoms. The van der Waals surface area contributed by atoms with E-state index in [9.17, 15) is 13.2 Å². The Labute approximate surface area is 357 Å². The third-order valence-corrected chi connectivity index (χ3v) is 13.0. The Morgan fingerprint density at radius 1 is 0.950 bits per heavy atom. The maximum Gasteiger partial charge on any atom is 0.268 e. The number of aromatic amines is 1. The summed E-state index contributed by atoms with van der Waals surface area (Å²) in [4.78, 5) is 27.1. The number of benzene rings is 3. The van der Waals surface area contributed by atoms with Gasteiger partial charge in [-0.1, -0.05) is 59.6 Å². The number of H-pyrrole nitrogens is 1. The summed E-state index contributed by atoms with van der Waals surface area (Å²) >= 11 is 12.5. The van der Waals surface area contributed by atoms with Gasteiger partial charge in [-0.25, -0.2) is 27.5 Å². The van der Waals surface area contributed by atoms with E-state index in [2.05, 4.69) is 36.7 Å². The fraction of sp³-hybridized carbons (Fsp3) is 0.295. The Morgan fingerprint density at radius 2 is 1.72 bits per heavy atom. The van der Waals surface area contributed by atoms with Gasteiger partial charge in [0.15, 0.2) is 0 Å². The summed E-state index contributed by atoms with van der Waals surface area (Å²) in [6.07, 6.45) is 6.71. The number of hydrogen-bond donors (Lipinski definition) is 2. The Morgan fingerprint density at radius 3 is 2.47 bits per heavy atom. The van der Waals surface area contributed by atoms with Crippen LogP contribution in [-0.4, -0.2) is 80.6 Å². The number of pyridine rings is 2. The van der Waals surface area contributed by atoms with Crippen molar-refractivity contribution in [2.75, 3.05) is 44.9 Å². The van der Waals surface area contributed by atoms with E-state index in [4.69, 9.17) is 42.1 Å². The highest BCUT2D eigenvalue weighted by Gasteiger charge is 2.37. The quantitative estimate of drug-likeness (QED) is 0.115. The van der Waals surface area contributed by atoms with Crippen molar-refractivity contribution in [2.45, 2.75) is 48.3 Å². The number of rotatable bonds is 13. The molecule has 312 valence electrons. The van der Waals surface area contributed by atoms with Crippen molar-refractivity contribution in [1.29, 1.82) is 0 Å². The van der Waals surface area contributed by atoms with Gasteiger partial charge in [0.1, 0.15) is 39.3 Å². The van der Waals surface area contributed by atoms with Gasteiger partial charge >= 0.3 is 0 Å². The number of fused-ring (bicyclic) bond motifs is 1. The van der Waals surface area contributed by atoms with Crippen LogP contribution < -0.4 is 19.1 Å². The van der Waals surface area contributed by atoms with Crippen molar-refractivity contribution in [3.8, 4) is 28.5 Å². The third kappa shape index (κ3) is 9.22. The van der Waals surface area contributed by atoms with Crippen LogP contribution in [0.4, 0.5) is 10.1 Å². The van der Waals surface area contributed by atoms with E-state index in [0.29, 0.717) is 48.8 Å². The van der Waals surface area contributed by atoms with E-state index in [1.165, 1.54) is 17.8 Å². The monoisotopic (exact) mass is 873 g/mol. The van der Waals surface area contributed by atoms with Crippen molar-refractivity contribution in [3.63, 3.8) is 0 Å². The SMILES string of the molecule is COC1(Cc2ccccc2-c2ccc(Cl)cc2)CCN(c2ccc(C(=O)NS(=O)(=O)c3cnc(OCC4(F)CCOCC4)c(Cl)c3)c(Oc3cnc4[nH]ccc4c3)c2)CC1. The van der Waals surface area contributed by atoms with E-state index in [-0.39, 0.29) is 59.8 Å². The maximum atomic E-state index is 15.1. The summed E-state index contributed by atoms with van der Waals surface area (Å²) in [6.45, 7) is 1.50. The van der Waals surface area contributed by atoms with Crippen molar-refractivity contribution in [2.24, 2.45) is 0 Å². The molecule has 2 N–H and O–H groups in total. The largest absolute Gasteiger partial charge is 0.473 e. The van der Waals surface area contributed by atoms with Crippen LogP contribution in [-0.2, 0) is 25.9 Å². The van der Waals surface area contributed by atoms with Crippen LogP contribution in [0.25, 0.3) is 22.2 Å². The summed E-state index contributed by atoms with van der Waals surface area (Å²) in [7, 11) is -2.74. The van der Waals surface area contributed by atoms with E-state index >= 15 is 4.39 Å². The van der Waals surface area contributed by atoms with E-state index in [1.54, 1.807) is 31.5 Å². The number of piperidine rings is 1. The number of hydrogen-bond acceptors (Lipinski definition) is 10. The number of alkyl halides is 1. The lowest BCUT2D eigenvalue weighted by atomic mass is 9.82. The molecular weight excluding hydrogens is 832 g/mol. The van der Waals surface area contributed by atoms with Crippen LogP contribution in [0.3, 0.4) is 0 Å². The molecule has 0 saturated carbocycles. The van der Waals surface area contributed by atoms with Crippen molar-refractivity contribution < 1.29 is 36.6 Å². The Kier molecular flexibility index (Phi) is 12.0. The second kappa shape index (κ2) is 17.4. The number of carbonyl (C=O) groups is 1. The summed E-state index contributed by atoms with van der Waals surface area (Å²) in [5, 5.41) is 1.30. The topological polar surface area (TPSA) is 145 Å². The zero-order valence-corrected chi connectivity index (χ0v) is 35.0. The molecule has 3 aromatic carbocycles. The molecule has 2 aliphatic rings. The molecule has 0 atom stereocenters. The van der Waals surface area contributed by atoms with E-state index in [0.717, 1.165) is 34.5 Å². The van der Waals surface area contributed by atoms with Gasteiger partial charge in [0.05, 0.1) is 23.6 Å². The molecule has 2 aliphatic heterocycles. The molecule has 12 nitrogen and oxygen atoms in total. The highest BCUT2D eigenvalue weighted by atomic mass is 35.5. The average Bonchev–Trinajstić information content (AvgIpc) is 3.72. The lowest BCUT2D eigenvalue weighted by Crippen LogP contribution is -2.47. The molecule has 5 heterocycles. The molecule has 0 radical (unpaired) electrons. The Balaban J connectivity index is 1.01. The number of carbonyl (C=O) groups excluding carboxylic acids is 1. The van der Waals surface area contributed by atoms with Gasteiger partial charge in [0, 0.05) is 81.0 Å². The lowest BCUT2D eigenvalue weighted by Gasteiger charge is -2.42. The lowest BCUT2D eigenvalue weighted by molar-refractivity contribution is -0.0331. The first-order valence-corrected chi connectivity index (χ1v) is 21.7. The minimum atomic E-state index is -4.50. The number of methoxy groups -OCH3 is 1. The standard InChI is InChI=1S/C44H42Cl2FN5O7S/c1-56-44(25-31-4-2-3-5-36(31)29-6-8-32(45)9-7-29)13-18-52(19-14-44)33-10-11-37(39(23-33)59-34-22-30-12-17-48-40(30)49-26-34)41(53)51-60(54,55)35-24-38(46)42(50-27-35)58-28-43(47)15-20-57-21-16-43/h2-12,17,22-24,26-27H,13-16,18-21,25,28H2,1H3,(H,48,49)(H,51,53). The number of anilines is 1. The molecule has 0 unspecified atom stereocenters. The van der Waals surface area contributed by atoms with Crippen molar-refractivity contribution >= 4 is 55.9 Å². The van der Waals surface area contributed by atoms with Gasteiger partial charge in [-0.3, -0.25) is 4.79 Å². The first kappa shape index (κ1) is 41.5. The third-order valence-electron chi connectivity index (χ3n) is 11.1. The van der Waals surface area contributed by atoms with Gasteiger partial charge in [-0.2, -0.15) is 0 Å². The molecule has 2 fully saturated rings. The number of amides is 1. The number of halogens is 3. The van der Waals surface area contributed by atoms with Crippen LogP contribution in [0.1, 0.15) is 41.6 Å². The molecule has 2 saturated heterocycles. The highest BCUT2D eigenvalue weighted by molar-refractivity contribution is 7.90. The zero-order chi connectivity index (χ0) is 41.9. The molecule has 0 bridgehead atoms. The summed E-state index contributed by atoms with van der Waals surface area (Å²) in [6, 6.07) is 25.9. The number of nitrogens with zero attached hydrogens (tertiary/aromatic N) is 3. The molecule has 1 amide bonds. The average molecular weight is 875 g/mol. The predicted molar refractivity (Wildman–Crippen MR) is 228 cm³/mol. The molecule has 6 aromatic rings. The van der Waals surface area contributed by atoms with Crippen LogP contribution in [0, 0.1) is 0 Å². The van der Waals surface area contributed by atoms with Gasteiger partial charge < -0.3 is 28.8 Å². The molecule has 0 aliphatic carbocycles. The fourth-order valence-corrected chi connectivity index (χ4v) is 8.96. The van der Waals surface area contributed by atoms with Crippen LogP contribution in [0.5, 0.6) is 17.4 Å². The highest BCUT2D eigenvalue weighted by Crippen LogP contribution is 2.38. The molecule has 0 spiro atoms.